The van der Waals surface area contributed by atoms with Gasteiger partial charge in [0.1, 0.15) is 22.8 Å². The Labute approximate surface area is 347 Å². The van der Waals surface area contributed by atoms with E-state index < -0.39 is 89.4 Å². The van der Waals surface area contributed by atoms with E-state index in [4.69, 9.17) is 19.9 Å². The highest BCUT2D eigenvalue weighted by Gasteiger charge is 2.49. The van der Waals surface area contributed by atoms with E-state index in [2.05, 4.69) is 17.5 Å². The van der Waals surface area contributed by atoms with Crippen LogP contribution in [0.25, 0.3) is 0 Å². The normalized spacial score (nSPS) is 24.1. The Morgan fingerprint density at radius 3 is 2.08 bits per heavy atom. The number of methoxy groups -OCH3 is 1. The van der Waals surface area contributed by atoms with Crippen LogP contribution in [0, 0.1) is 0 Å². The van der Waals surface area contributed by atoms with Gasteiger partial charge in [0.15, 0.2) is 12.1 Å². The van der Waals surface area contributed by atoms with Crippen LogP contribution in [0.5, 0.6) is 17.2 Å². The van der Waals surface area contributed by atoms with Gasteiger partial charge in [0, 0.05) is 48.4 Å². The van der Waals surface area contributed by atoms with Gasteiger partial charge in [0.05, 0.1) is 54.4 Å². The Kier molecular flexibility index (Phi) is 16.9. The number of ether oxygens (including phenoxy) is 3. The van der Waals surface area contributed by atoms with Crippen LogP contribution < -0.4 is 15.9 Å². The van der Waals surface area contributed by atoms with Gasteiger partial charge in [-0.3, -0.25) is 14.4 Å². The van der Waals surface area contributed by atoms with E-state index in [0.717, 1.165) is 19.3 Å². The minimum absolute atomic E-state index is 0.0196. The summed E-state index contributed by atoms with van der Waals surface area (Å²) in [4.78, 5) is 40.8. The van der Waals surface area contributed by atoms with Gasteiger partial charge in [-0.2, -0.15) is 5.10 Å². The van der Waals surface area contributed by atoms with Gasteiger partial charge in [0.2, 0.25) is 11.7 Å². The van der Waals surface area contributed by atoms with E-state index in [-0.39, 0.29) is 53.0 Å². The number of aliphatic hydroxyl groups excluding tert-OH is 2. The van der Waals surface area contributed by atoms with E-state index in [9.17, 15) is 39.9 Å². The summed E-state index contributed by atoms with van der Waals surface area (Å²) >= 11 is 0. The van der Waals surface area contributed by atoms with Crippen LogP contribution in [0.1, 0.15) is 178 Å². The second-order valence-corrected chi connectivity index (χ2v) is 16.5. The maximum Gasteiger partial charge on any atom is 0.240 e. The first kappa shape index (κ1) is 46.2. The number of nitrogens with one attached hydrogen (secondary N) is 1. The summed E-state index contributed by atoms with van der Waals surface area (Å²) in [5, 5.41) is 60.9. The average molecular weight is 824 g/mol. The molecule has 0 aromatic heterocycles. The molecule has 0 bridgehead atoms. The van der Waals surface area contributed by atoms with Crippen molar-refractivity contribution in [3.8, 4) is 17.2 Å². The minimum atomic E-state index is -2.09. The molecule has 0 radical (unpaired) electrons. The molecule has 0 spiro atoms. The van der Waals surface area contributed by atoms with Crippen LogP contribution in [0.4, 0.5) is 0 Å². The number of phenolic OH excluding ortho intramolecular Hbond substituents is 2. The van der Waals surface area contributed by atoms with Crippen LogP contribution in [0.3, 0.4) is 0 Å². The van der Waals surface area contributed by atoms with Crippen molar-refractivity contribution in [2.75, 3.05) is 13.7 Å². The van der Waals surface area contributed by atoms with Crippen molar-refractivity contribution in [2.24, 2.45) is 10.8 Å². The van der Waals surface area contributed by atoms with E-state index in [0.29, 0.717) is 6.42 Å². The van der Waals surface area contributed by atoms with Gasteiger partial charge < -0.3 is 45.5 Å². The Balaban J connectivity index is 1.26. The Morgan fingerprint density at radius 1 is 0.915 bits per heavy atom. The van der Waals surface area contributed by atoms with Crippen LogP contribution in [0.15, 0.2) is 23.3 Å². The lowest BCUT2D eigenvalue weighted by atomic mass is 9.71. The molecular weight excluding hydrogens is 759 g/mol. The molecule has 14 nitrogen and oxygen atoms in total. The largest absolute Gasteiger partial charge is 0.507 e. The molecule has 0 saturated carbocycles. The molecule has 8 N–H and O–H groups in total. The number of amides is 1. The van der Waals surface area contributed by atoms with Gasteiger partial charge >= 0.3 is 0 Å². The lowest BCUT2D eigenvalue weighted by Crippen LogP contribution is -2.53. The third-order valence-electron chi connectivity index (χ3n) is 12.2. The molecule has 1 heterocycles. The summed E-state index contributed by atoms with van der Waals surface area (Å²) in [6.45, 7) is 3.05. The van der Waals surface area contributed by atoms with E-state index in [1.54, 1.807) is 6.92 Å². The molecule has 3 aliphatic rings. The fourth-order valence-corrected chi connectivity index (χ4v) is 8.74. The highest BCUT2D eigenvalue weighted by molar-refractivity contribution is 6.31. The topological polar surface area (TPSA) is 230 Å². The standard InChI is InChI=1S/C45H65N3O11/c1-4-5-6-7-8-9-10-11-12-13-14-15-16-17-18-22-34(50)48-47-33(26-49)45(56)24-29-37(32(25-45)59-35-23-30(46)40(51)27(2)58-35)44(55)39-38(42(29)53)41(52)28-20-19-21-31(57-3)36(28)43(39)54/h19-21,27,30,32,35,40,49,51,53,55-56H,4-18,22-26,46H2,1-3H3,(H,48,50)/b47-33+/t27?,30?,32?,35-,40+,45+/m0/s1. The number of carbonyl (C=O) groups excluding carboxylic acids is 3. The summed E-state index contributed by atoms with van der Waals surface area (Å²) in [5.41, 5.74) is 5.07. The Morgan fingerprint density at radius 2 is 1.51 bits per heavy atom. The van der Waals surface area contributed by atoms with E-state index >= 15 is 0 Å². The molecule has 3 unspecified atom stereocenters. The fourth-order valence-electron chi connectivity index (χ4n) is 8.74. The molecule has 6 atom stereocenters. The second kappa shape index (κ2) is 21.6. The monoisotopic (exact) mass is 823 g/mol. The van der Waals surface area contributed by atoms with Crippen molar-refractivity contribution in [2.45, 2.75) is 172 Å². The third-order valence-corrected chi connectivity index (χ3v) is 12.2. The SMILES string of the molecule is CCCCCCCCCCCCCCCCCC(=O)N/N=C(\CO)[C@@]1(O)Cc2c(O)c3c(c(O)c2C(O[C@H]2CC(N)[C@H](O)C(C)O2)C1)C(=O)c1c(OC)cccc1C3=O. The first-order valence-corrected chi connectivity index (χ1v) is 21.7. The third kappa shape index (κ3) is 10.9. The number of hydrogen-bond acceptors (Lipinski definition) is 13. The predicted octanol–water partition coefficient (Wildman–Crippen LogP) is 6.17. The van der Waals surface area contributed by atoms with Crippen molar-refractivity contribution in [1.82, 2.24) is 5.43 Å². The molecule has 14 heteroatoms. The van der Waals surface area contributed by atoms with Gasteiger partial charge in [-0.15, -0.1) is 0 Å². The van der Waals surface area contributed by atoms with Crippen LogP contribution in [0.2, 0.25) is 0 Å². The minimum Gasteiger partial charge on any atom is -0.507 e. The number of carbonyl (C=O) groups is 3. The average Bonchev–Trinajstić information content (AvgIpc) is 3.21. The zero-order valence-electron chi connectivity index (χ0n) is 35.0. The molecule has 5 rings (SSSR count). The summed E-state index contributed by atoms with van der Waals surface area (Å²) in [7, 11) is 1.34. The number of rotatable bonds is 22. The molecule has 1 fully saturated rings. The number of fused-ring (bicyclic) bond motifs is 3. The van der Waals surface area contributed by atoms with Crippen LogP contribution >= 0.6 is 0 Å². The highest BCUT2D eigenvalue weighted by Crippen LogP contribution is 2.52. The van der Waals surface area contributed by atoms with Crippen LogP contribution in [-0.2, 0) is 20.7 Å². The summed E-state index contributed by atoms with van der Waals surface area (Å²) in [6.07, 6.45) is 13.2. The lowest BCUT2D eigenvalue weighted by molar-refractivity contribution is -0.245. The predicted molar refractivity (Wildman–Crippen MR) is 222 cm³/mol. The molecule has 1 amide bonds. The van der Waals surface area contributed by atoms with Gasteiger partial charge in [-0.05, 0) is 19.4 Å². The number of hydrogen-bond donors (Lipinski definition) is 7. The number of phenols is 2. The zero-order valence-corrected chi connectivity index (χ0v) is 35.0. The molecule has 1 saturated heterocycles. The number of ketones is 2. The molecular formula is C45H65N3O11. The highest BCUT2D eigenvalue weighted by atomic mass is 16.7. The van der Waals surface area contributed by atoms with Crippen molar-refractivity contribution in [1.29, 1.82) is 0 Å². The van der Waals surface area contributed by atoms with Gasteiger partial charge in [-0.1, -0.05) is 109 Å². The summed E-state index contributed by atoms with van der Waals surface area (Å²) < 4.78 is 17.5. The molecule has 326 valence electrons. The molecule has 1 aliphatic heterocycles. The number of hydrazone groups is 1. The first-order valence-electron chi connectivity index (χ1n) is 21.7. The van der Waals surface area contributed by atoms with E-state index in [1.165, 1.54) is 95.9 Å². The summed E-state index contributed by atoms with van der Waals surface area (Å²) in [5.74, 6) is -3.10. The fraction of sp³-hybridized carbons (Fsp3) is 0.644. The number of aromatic hydroxyl groups is 2. The molecule has 2 aromatic carbocycles. The second-order valence-electron chi connectivity index (χ2n) is 16.5. The van der Waals surface area contributed by atoms with Crippen LogP contribution in [-0.4, -0.2) is 92.6 Å². The van der Waals surface area contributed by atoms with Crippen molar-refractivity contribution < 1.29 is 54.1 Å². The zero-order chi connectivity index (χ0) is 42.7. The first-order chi connectivity index (χ1) is 28.4. The quantitative estimate of drug-likeness (QED) is 0.0261. The van der Waals surface area contributed by atoms with Crippen molar-refractivity contribution in [3.05, 3.63) is 51.6 Å². The number of nitrogens with two attached hydrogens (primary N) is 1. The van der Waals surface area contributed by atoms with Crippen molar-refractivity contribution in [3.63, 3.8) is 0 Å². The maximum absolute atomic E-state index is 14.0. The number of nitrogens with zero attached hydrogens (tertiary/aromatic N) is 1. The molecule has 2 aromatic rings. The Bertz CT molecular complexity index is 1800. The summed E-state index contributed by atoms with van der Waals surface area (Å²) in [6, 6.07) is 3.70. The molecule has 2 aliphatic carbocycles. The Hall–Kier alpha value is -3.92. The maximum atomic E-state index is 14.0. The lowest BCUT2D eigenvalue weighted by Gasteiger charge is -2.43. The van der Waals surface area contributed by atoms with Gasteiger partial charge in [-0.25, -0.2) is 5.43 Å². The van der Waals surface area contributed by atoms with Crippen molar-refractivity contribution >= 4 is 23.2 Å². The number of benzene rings is 2. The van der Waals surface area contributed by atoms with Gasteiger partial charge in [0.25, 0.3) is 0 Å². The number of aliphatic hydroxyl groups is 3. The molecule has 59 heavy (non-hydrogen) atoms. The van der Waals surface area contributed by atoms with E-state index in [1.807, 2.05) is 0 Å². The number of unbranched alkanes of at least 4 members (excludes halogenated alkanes) is 14. The smallest absolute Gasteiger partial charge is 0.240 e.